The van der Waals surface area contributed by atoms with Gasteiger partial charge in [0.2, 0.25) is 0 Å². The third-order valence-electron chi connectivity index (χ3n) is 3.31. The van der Waals surface area contributed by atoms with Crippen LogP contribution in [-0.4, -0.2) is 48.0 Å². The molecule has 1 heterocycles. The van der Waals surface area contributed by atoms with Gasteiger partial charge in [-0.25, -0.2) is 9.97 Å². The van der Waals surface area contributed by atoms with E-state index in [0.29, 0.717) is 23.0 Å². The fourth-order valence-electron chi connectivity index (χ4n) is 2.09. The Labute approximate surface area is 150 Å². The third kappa shape index (κ3) is 5.28. The summed E-state index contributed by atoms with van der Waals surface area (Å²) in [5.41, 5.74) is 2.16. The van der Waals surface area contributed by atoms with Crippen LogP contribution in [0.15, 0.2) is 28.7 Å². The van der Waals surface area contributed by atoms with Crippen LogP contribution in [0.5, 0.6) is 0 Å². The molecule has 0 radical (unpaired) electrons. The molecule has 0 spiro atoms. The Morgan fingerprint density at radius 2 is 1.96 bits per heavy atom. The molecule has 128 valence electrons. The number of aryl methyl sites for hydroxylation is 2. The van der Waals surface area contributed by atoms with Gasteiger partial charge in [0, 0.05) is 23.6 Å². The van der Waals surface area contributed by atoms with E-state index in [2.05, 4.69) is 41.4 Å². The van der Waals surface area contributed by atoms with Crippen LogP contribution in [-0.2, 0) is 0 Å². The summed E-state index contributed by atoms with van der Waals surface area (Å²) in [6, 6.07) is 7.43. The van der Waals surface area contributed by atoms with Crippen molar-refractivity contribution in [3.63, 3.8) is 0 Å². The van der Waals surface area contributed by atoms with Gasteiger partial charge in [0.25, 0.3) is 5.91 Å². The number of nitrogens with one attached hydrogen (secondary N) is 2. The molecule has 0 bridgehead atoms. The van der Waals surface area contributed by atoms with Crippen LogP contribution in [0.25, 0.3) is 0 Å². The average molecular weight is 392 g/mol. The Morgan fingerprint density at radius 3 is 2.62 bits per heavy atom. The number of nitrogens with zero attached hydrogens (tertiary/aromatic N) is 3. The van der Waals surface area contributed by atoms with Crippen molar-refractivity contribution in [2.24, 2.45) is 0 Å². The molecule has 0 unspecified atom stereocenters. The fraction of sp³-hybridized carbons (Fsp3) is 0.353. The Balaban J connectivity index is 2.12. The lowest BCUT2D eigenvalue weighted by atomic mass is 10.2. The molecule has 2 rings (SSSR count). The largest absolute Gasteiger partial charge is 0.369 e. The molecule has 0 atom stereocenters. The lowest BCUT2D eigenvalue weighted by Gasteiger charge is -2.12. The summed E-state index contributed by atoms with van der Waals surface area (Å²) in [7, 11) is 4.01. The molecule has 1 aromatic carbocycles. The number of anilines is 2. The lowest BCUT2D eigenvalue weighted by Crippen LogP contribution is -2.22. The summed E-state index contributed by atoms with van der Waals surface area (Å²) in [5.74, 6) is 0.941. The molecule has 7 heteroatoms. The minimum absolute atomic E-state index is 0.263. The van der Waals surface area contributed by atoms with Crippen molar-refractivity contribution >= 4 is 33.3 Å². The Kier molecular flexibility index (Phi) is 6.28. The summed E-state index contributed by atoms with van der Waals surface area (Å²) in [6.45, 7) is 5.39. The standard InChI is InChI=1S/C17H22BrN5O/c1-11-5-6-14(13(18)9-11)22-17(24)15-10-16(21-12(2)20-15)19-7-8-23(3)4/h5-6,9-10H,7-8H2,1-4H3,(H,22,24)(H,19,20,21). The highest BCUT2D eigenvalue weighted by molar-refractivity contribution is 9.10. The van der Waals surface area contributed by atoms with Crippen molar-refractivity contribution < 1.29 is 4.79 Å². The van der Waals surface area contributed by atoms with Gasteiger partial charge in [-0.3, -0.25) is 4.79 Å². The van der Waals surface area contributed by atoms with E-state index >= 15 is 0 Å². The number of hydrogen-bond donors (Lipinski definition) is 2. The van der Waals surface area contributed by atoms with Gasteiger partial charge < -0.3 is 15.5 Å². The van der Waals surface area contributed by atoms with Crippen molar-refractivity contribution in [2.75, 3.05) is 37.8 Å². The van der Waals surface area contributed by atoms with E-state index < -0.39 is 0 Å². The molecule has 0 aliphatic heterocycles. The van der Waals surface area contributed by atoms with Crippen molar-refractivity contribution in [3.05, 3.63) is 45.8 Å². The van der Waals surface area contributed by atoms with Gasteiger partial charge in [-0.1, -0.05) is 6.07 Å². The minimum Gasteiger partial charge on any atom is -0.369 e. The van der Waals surface area contributed by atoms with Crippen LogP contribution in [0.1, 0.15) is 21.9 Å². The first kappa shape index (κ1) is 18.4. The highest BCUT2D eigenvalue weighted by Crippen LogP contribution is 2.24. The molecule has 0 aliphatic rings. The maximum atomic E-state index is 12.5. The van der Waals surface area contributed by atoms with E-state index in [1.54, 1.807) is 13.0 Å². The molecule has 2 aromatic rings. The van der Waals surface area contributed by atoms with Gasteiger partial charge in [0.05, 0.1) is 5.69 Å². The van der Waals surface area contributed by atoms with Gasteiger partial charge in [0.15, 0.2) is 0 Å². The predicted molar refractivity (Wildman–Crippen MR) is 101 cm³/mol. The van der Waals surface area contributed by atoms with Gasteiger partial charge >= 0.3 is 0 Å². The third-order valence-corrected chi connectivity index (χ3v) is 3.96. The number of benzene rings is 1. The lowest BCUT2D eigenvalue weighted by molar-refractivity contribution is 0.102. The summed E-state index contributed by atoms with van der Waals surface area (Å²) < 4.78 is 0.839. The van der Waals surface area contributed by atoms with Crippen molar-refractivity contribution in [1.82, 2.24) is 14.9 Å². The molecule has 1 amide bonds. The number of aromatic nitrogens is 2. The number of likely N-dealkylation sites (N-methyl/N-ethyl adjacent to an activating group) is 1. The highest BCUT2D eigenvalue weighted by atomic mass is 79.9. The van der Waals surface area contributed by atoms with Gasteiger partial charge in [0.1, 0.15) is 17.3 Å². The van der Waals surface area contributed by atoms with Crippen LogP contribution >= 0.6 is 15.9 Å². The number of hydrogen-bond acceptors (Lipinski definition) is 5. The van der Waals surface area contributed by atoms with E-state index in [-0.39, 0.29) is 5.91 Å². The van der Waals surface area contributed by atoms with E-state index in [4.69, 9.17) is 0 Å². The van der Waals surface area contributed by atoms with Gasteiger partial charge in [-0.2, -0.15) is 0 Å². The first-order chi connectivity index (χ1) is 11.3. The molecule has 6 nitrogen and oxygen atoms in total. The van der Waals surface area contributed by atoms with Crippen molar-refractivity contribution in [2.45, 2.75) is 13.8 Å². The van der Waals surface area contributed by atoms with E-state index in [1.807, 2.05) is 39.2 Å². The van der Waals surface area contributed by atoms with Crippen molar-refractivity contribution in [1.29, 1.82) is 0 Å². The average Bonchev–Trinajstić information content (AvgIpc) is 2.49. The van der Waals surface area contributed by atoms with Crippen LogP contribution in [0, 0.1) is 13.8 Å². The zero-order chi connectivity index (χ0) is 17.7. The summed E-state index contributed by atoms with van der Waals surface area (Å²) in [6.07, 6.45) is 0. The summed E-state index contributed by atoms with van der Waals surface area (Å²) in [4.78, 5) is 23.1. The first-order valence-corrected chi connectivity index (χ1v) is 8.46. The zero-order valence-electron chi connectivity index (χ0n) is 14.4. The van der Waals surface area contributed by atoms with Crippen LogP contribution < -0.4 is 10.6 Å². The Bertz CT molecular complexity index is 733. The number of rotatable bonds is 6. The second kappa shape index (κ2) is 8.21. The van der Waals surface area contributed by atoms with E-state index in [9.17, 15) is 4.79 Å². The van der Waals surface area contributed by atoms with E-state index in [0.717, 1.165) is 23.1 Å². The first-order valence-electron chi connectivity index (χ1n) is 7.67. The second-order valence-electron chi connectivity index (χ2n) is 5.85. The smallest absolute Gasteiger partial charge is 0.274 e. The van der Waals surface area contributed by atoms with Gasteiger partial charge in [-0.15, -0.1) is 0 Å². The molecule has 0 saturated carbocycles. The summed E-state index contributed by atoms with van der Waals surface area (Å²) >= 11 is 3.46. The quantitative estimate of drug-likeness (QED) is 0.791. The number of halogens is 1. The fourth-order valence-corrected chi connectivity index (χ4v) is 2.68. The summed E-state index contributed by atoms with van der Waals surface area (Å²) in [5, 5.41) is 6.08. The van der Waals surface area contributed by atoms with Crippen LogP contribution in [0.4, 0.5) is 11.5 Å². The Morgan fingerprint density at radius 1 is 1.21 bits per heavy atom. The maximum absolute atomic E-state index is 12.5. The van der Waals surface area contributed by atoms with Crippen LogP contribution in [0.2, 0.25) is 0 Å². The normalized spacial score (nSPS) is 10.8. The predicted octanol–water partition coefficient (Wildman–Crippen LogP) is 3.08. The minimum atomic E-state index is -0.263. The van der Waals surface area contributed by atoms with Crippen LogP contribution in [0.3, 0.4) is 0 Å². The second-order valence-corrected chi connectivity index (χ2v) is 6.71. The van der Waals surface area contributed by atoms with Gasteiger partial charge in [-0.05, 0) is 61.6 Å². The highest BCUT2D eigenvalue weighted by Gasteiger charge is 2.12. The molecule has 0 saturated heterocycles. The topological polar surface area (TPSA) is 70.2 Å². The molecule has 24 heavy (non-hydrogen) atoms. The number of carbonyl (C=O) groups is 1. The monoisotopic (exact) mass is 391 g/mol. The zero-order valence-corrected chi connectivity index (χ0v) is 15.9. The number of amides is 1. The molecule has 2 N–H and O–H groups in total. The molecule has 0 fully saturated rings. The molecule has 0 aliphatic carbocycles. The SMILES string of the molecule is Cc1ccc(NC(=O)c2cc(NCCN(C)C)nc(C)n2)c(Br)c1. The maximum Gasteiger partial charge on any atom is 0.274 e. The molecular weight excluding hydrogens is 370 g/mol. The molecular formula is C17H22BrN5O. The Hall–Kier alpha value is -1.99. The van der Waals surface area contributed by atoms with Crippen molar-refractivity contribution in [3.8, 4) is 0 Å². The number of carbonyl (C=O) groups excluding carboxylic acids is 1. The van der Waals surface area contributed by atoms with E-state index in [1.165, 1.54) is 0 Å². The molecule has 1 aromatic heterocycles.